The molecule has 0 bridgehead atoms. The summed E-state index contributed by atoms with van der Waals surface area (Å²) in [7, 11) is 1.86. The lowest BCUT2D eigenvalue weighted by Gasteiger charge is -2.00. The first-order valence-electron chi connectivity index (χ1n) is 5.39. The molecule has 2 aromatic heterocycles. The Balaban J connectivity index is 1.94. The second kappa shape index (κ2) is 5.18. The van der Waals surface area contributed by atoms with Crippen molar-refractivity contribution < 1.29 is 4.79 Å². The molecule has 17 heavy (non-hydrogen) atoms. The molecule has 6 heteroatoms. The van der Waals surface area contributed by atoms with Gasteiger partial charge in [-0.05, 0) is 12.1 Å². The highest BCUT2D eigenvalue weighted by Crippen LogP contribution is 2.14. The third-order valence-electron chi connectivity index (χ3n) is 2.41. The van der Waals surface area contributed by atoms with Gasteiger partial charge in [0.15, 0.2) is 5.78 Å². The highest BCUT2D eigenvalue weighted by molar-refractivity contribution is 7.99. The second-order valence-electron chi connectivity index (χ2n) is 3.63. The zero-order valence-electron chi connectivity index (χ0n) is 9.80. The van der Waals surface area contributed by atoms with Crippen LogP contribution in [0, 0.1) is 0 Å². The Morgan fingerprint density at radius 3 is 3.00 bits per heavy atom. The number of aryl methyl sites for hydroxylation is 2. The number of Topliss-reactive ketones (excluding diaryl/α,β-unsaturated/α-hetero) is 1. The molecule has 1 N–H and O–H groups in total. The maximum atomic E-state index is 11.9. The van der Waals surface area contributed by atoms with Crippen LogP contribution in [0.1, 0.15) is 23.2 Å². The number of hydrogen-bond donors (Lipinski definition) is 1. The number of thioether (sulfide) groups is 1. The van der Waals surface area contributed by atoms with E-state index in [4.69, 9.17) is 0 Å². The van der Waals surface area contributed by atoms with Crippen LogP contribution in [0.2, 0.25) is 0 Å². The first-order valence-corrected chi connectivity index (χ1v) is 6.38. The lowest BCUT2D eigenvalue weighted by Crippen LogP contribution is -2.07. The number of nitrogens with one attached hydrogen (secondary N) is 1. The van der Waals surface area contributed by atoms with E-state index in [1.165, 1.54) is 11.8 Å². The summed E-state index contributed by atoms with van der Waals surface area (Å²) in [6.07, 6.45) is 2.68. The Morgan fingerprint density at radius 2 is 2.41 bits per heavy atom. The van der Waals surface area contributed by atoms with Gasteiger partial charge in [-0.2, -0.15) is 0 Å². The van der Waals surface area contributed by atoms with Gasteiger partial charge in [-0.3, -0.25) is 9.89 Å². The van der Waals surface area contributed by atoms with Gasteiger partial charge in [0.05, 0.1) is 11.4 Å². The fraction of sp³-hybridized carbons (Fsp3) is 0.364. The number of rotatable bonds is 5. The molecule has 5 nitrogen and oxygen atoms in total. The van der Waals surface area contributed by atoms with Crippen molar-refractivity contribution in [1.82, 2.24) is 19.7 Å². The molecule has 0 atom stereocenters. The van der Waals surface area contributed by atoms with Gasteiger partial charge >= 0.3 is 0 Å². The van der Waals surface area contributed by atoms with E-state index in [2.05, 4.69) is 15.2 Å². The fourth-order valence-corrected chi connectivity index (χ4v) is 2.15. The molecular weight excluding hydrogens is 236 g/mol. The Morgan fingerprint density at radius 1 is 1.59 bits per heavy atom. The van der Waals surface area contributed by atoms with Crippen LogP contribution in [-0.2, 0) is 13.5 Å². The molecular formula is C11H14N4OS. The maximum Gasteiger partial charge on any atom is 0.208 e. The van der Waals surface area contributed by atoms with Crippen LogP contribution in [0.5, 0.6) is 0 Å². The van der Waals surface area contributed by atoms with E-state index in [1.807, 2.05) is 36.9 Å². The molecule has 0 aromatic carbocycles. The normalized spacial score (nSPS) is 10.7. The first-order chi connectivity index (χ1) is 8.20. The Bertz CT molecular complexity index is 517. The van der Waals surface area contributed by atoms with E-state index in [1.54, 1.807) is 0 Å². The van der Waals surface area contributed by atoms with Gasteiger partial charge < -0.3 is 4.57 Å². The Hall–Kier alpha value is -1.56. The van der Waals surface area contributed by atoms with E-state index >= 15 is 0 Å². The highest BCUT2D eigenvalue weighted by Gasteiger charge is 2.11. The number of H-pyrrole nitrogens is 1. The number of aromatic nitrogens is 4. The average Bonchev–Trinajstić information content (AvgIpc) is 2.94. The summed E-state index contributed by atoms with van der Waals surface area (Å²) in [6, 6.07) is 3.68. The minimum atomic E-state index is 0.0883. The summed E-state index contributed by atoms with van der Waals surface area (Å²) in [6.45, 7) is 2.00. The van der Waals surface area contributed by atoms with Crippen molar-refractivity contribution in [2.45, 2.75) is 18.5 Å². The van der Waals surface area contributed by atoms with Crippen molar-refractivity contribution >= 4 is 17.5 Å². The van der Waals surface area contributed by atoms with Crippen molar-refractivity contribution in [1.29, 1.82) is 0 Å². The van der Waals surface area contributed by atoms with Crippen molar-refractivity contribution in [3.63, 3.8) is 0 Å². The van der Waals surface area contributed by atoms with Crippen LogP contribution in [0.3, 0.4) is 0 Å². The summed E-state index contributed by atoms with van der Waals surface area (Å²) in [5, 5.41) is 7.49. The van der Waals surface area contributed by atoms with Gasteiger partial charge in [0.25, 0.3) is 0 Å². The topological polar surface area (TPSA) is 63.6 Å². The zero-order valence-corrected chi connectivity index (χ0v) is 10.6. The molecule has 0 aliphatic rings. The minimum absolute atomic E-state index is 0.0883. The summed E-state index contributed by atoms with van der Waals surface area (Å²) < 4.78 is 1.82. The molecule has 0 aliphatic heterocycles. The lowest BCUT2D eigenvalue weighted by atomic mass is 10.3. The van der Waals surface area contributed by atoms with Crippen LogP contribution in [0.15, 0.2) is 23.5 Å². The van der Waals surface area contributed by atoms with Crippen molar-refractivity contribution in [2.24, 2.45) is 7.05 Å². The van der Waals surface area contributed by atoms with Crippen molar-refractivity contribution in [2.75, 3.05) is 5.75 Å². The number of carbonyl (C=O) groups excluding carboxylic acids is 1. The third-order valence-corrected chi connectivity index (χ3v) is 3.26. The number of hydrogen-bond acceptors (Lipinski definition) is 4. The molecule has 2 rings (SSSR count). The smallest absolute Gasteiger partial charge is 0.208 e. The summed E-state index contributed by atoms with van der Waals surface area (Å²) in [5.41, 5.74) is 0.712. The lowest BCUT2D eigenvalue weighted by molar-refractivity contribution is 0.101. The molecule has 0 fully saturated rings. The predicted molar refractivity (Wildman–Crippen MR) is 66.2 cm³/mol. The molecule has 0 aliphatic carbocycles. The fourth-order valence-electron chi connectivity index (χ4n) is 1.46. The van der Waals surface area contributed by atoms with Crippen LogP contribution < -0.4 is 0 Å². The molecule has 0 amide bonds. The highest BCUT2D eigenvalue weighted by atomic mass is 32.2. The average molecular weight is 250 g/mol. The number of nitrogens with zero attached hydrogens (tertiary/aromatic N) is 3. The van der Waals surface area contributed by atoms with Gasteiger partial charge in [-0.1, -0.05) is 18.7 Å². The standard InChI is InChI=1S/C11H14N4OS/c1-3-10-12-11(14-13-10)17-7-9(16)8-5-4-6-15(8)2/h4-6H,3,7H2,1-2H3,(H,12,13,14). The summed E-state index contributed by atoms with van der Waals surface area (Å²) in [4.78, 5) is 16.1. The van der Waals surface area contributed by atoms with Gasteiger partial charge in [0.1, 0.15) is 5.82 Å². The molecule has 0 unspecified atom stereocenters. The molecule has 0 radical (unpaired) electrons. The van der Waals surface area contributed by atoms with Crippen LogP contribution in [0.25, 0.3) is 0 Å². The molecule has 2 heterocycles. The van der Waals surface area contributed by atoms with E-state index in [0.29, 0.717) is 16.6 Å². The van der Waals surface area contributed by atoms with E-state index in [0.717, 1.165) is 12.2 Å². The van der Waals surface area contributed by atoms with Gasteiger partial charge in [0, 0.05) is 19.7 Å². The molecule has 0 spiro atoms. The van der Waals surface area contributed by atoms with Crippen molar-refractivity contribution in [3.05, 3.63) is 29.8 Å². The van der Waals surface area contributed by atoms with E-state index in [9.17, 15) is 4.79 Å². The van der Waals surface area contributed by atoms with Gasteiger partial charge in [0.2, 0.25) is 5.16 Å². The van der Waals surface area contributed by atoms with Crippen LogP contribution in [-0.4, -0.2) is 31.3 Å². The predicted octanol–water partition coefficient (Wildman–Crippen LogP) is 1.68. The van der Waals surface area contributed by atoms with Crippen LogP contribution in [0.4, 0.5) is 0 Å². The molecule has 90 valence electrons. The van der Waals surface area contributed by atoms with Gasteiger partial charge in [-0.25, -0.2) is 4.98 Å². The Kier molecular flexibility index (Phi) is 3.63. The monoisotopic (exact) mass is 250 g/mol. The largest absolute Gasteiger partial charge is 0.348 e. The van der Waals surface area contributed by atoms with Crippen LogP contribution >= 0.6 is 11.8 Å². The molecule has 0 saturated heterocycles. The van der Waals surface area contributed by atoms with E-state index in [-0.39, 0.29) is 5.78 Å². The van der Waals surface area contributed by atoms with E-state index < -0.39 is 0 Å². The molecule has 0 saturated carbocycles. The SMILES string of the molecule is CCc1nc(SCC(=O)c2cccn2C)n[nH]1. The second-order valence-corrected chi connectivity index (χ2v) is 4.58. The molecule has 2 aromatic rings. The minimum Gasteiger partial charge on any atom is -0.348 e. The van der Waals surface area contributed by atoms with Crippen molar-refractivity contribution in [3.8, 4) is 0 Å². The number of ketones is 1. The zero-order chi connectivity index (χ0) is 12.3. The number of aromatic amines is 1. The summed E-state index contributed by atoms with van der Waals surface area (Å²) in [5.74, 6) is 1.29. The van der Waals surface area contributed by atoms with Gasteiger partial charge in [-0.15, -0.1) is 5.10 Å². The maximum absolute atomic E-state index is 11.9. The summed E-state index contributed by atoms with van der Waals surface area (Å²) >= 11 is 1.36. The quantitative estimate of drug-likeness (QED) is 0.648. The Labute approximate surface area is 104 Å². The third kappa shape index (κ3) is 2.76. The first kappa shape index (κ1) is 11.9. The number of carbonyl (C=O) groups is 1.